The molecule has 2 N–H and O–H groups in total. The molecule has 30 heavy (non-hydrogen) atoms. The summed E-state index contributed by atoms with van der Waals surface area (Å²) in [5, 5.41) is 0. The Morgan fingerprint density at radius 2 is 1.50 bits per heavy atom. The van der Waals surface area contributed by atoms with E-state index < -0.39 is 11.7 Å². The van der Waals surface area contributed by atoms with Crippen molar-refractivity contribution < 1.29 is 13.2 Å². The van der Waals surface area contributed by atoms with Crippen molar-refractivity contribution >= 4 is 0 Å². The molecule has 0 aliphatic carbocycles. The number of hydrogen-bond acceptors (Lipinski definition) is 3. The van der Waals surface area contributed by atoms with E-state index in [2.05, 4.69) is 28.3 Å². The summed E-state index contributed by atoms with van der Waals surface area (Å²) in [7, 11) is 0. The van der Waals surface area contributed by atoms with Gasteiger partial charge in [0.05, 0.1) is 17.8 Å². The molecule has 0 spiro atoms. The normalized spacial score (nSPS) is 12.0. The lowest BCUT2D eigenvalue weighted by atomic mass is 10.0. The summed E-state index contributed by atoms with van der Waals surface area (Å²) in [4.78, 5) is 6.79. The summed E-state index contributed by atoms with van der Waals surface area (Å²) >= 11 is 0. The molecule has 0 radical (unpaired) electrons. The predicted molar refractivity (Wildman–Crippen MR) is 113 cm³/mol. The van der Waals surface area contributed by atoms with Gasteiger partial charge in [-0.05, 0) is 41.9 Å². The Morgan fingerprint density at radius 1 is 0.933 bits per heavy atom. The van der Waals surface area contributed by atoms with Gasteiger partial charge in [-0.3, -0.25) is 4.90 Å². The molecule has 3 aromatic rings. The van der Waals surface area contributed by atoms with Gasteiger partial charge >= 0.3 is 6.18 Å². The Balaban J connectivity index is 1.78. The maximum atomic E-state index is 12.8. The lowest BCUT2D eigenvalue weighted by Crippen LogP contribution is -2.24. The minimum atomic E-state index is -4.32. The minimum Gasteiger partial charge on any atom is -0.325 e. The second kappa shape index (κ2) is 9.45. The Morgan fingerprint density at radius 3 is 2.00 bits per heavy atom. The van der Waals surface area contributed by atoms with Gasteiger partial charge in [-0.25, -0.2) is 4.98 Å². The number of alkyl halides is 3. The van der Waals surface area contributed by atoms with Crippen LogP contribution in [0.2, 0.25) is 0 Å². The van der Waals surface area contributed by atoms with Crippen LogP contribution >= 0.6 is 0 Å². The third-order valence-corrected chi connectivity index (χ3v) is 5.32. The van der Waals surface area contributed by atoms with Crippen molar-refractivity contribution in [3.05, 3.63) is 77.4 Å². The fraction of sp³-hybridized carbons (Fsp3) is 0.348. The van der Waals surface area contributed by atoms with Crippen LogP contribution in [-0.2, 0) is 25.8 Å². The van der Waals surface area contributed by atoms with E-state index in [0.29, 0.717) is 13.1 Å². The predicted octanol–water partition coefficient (Wildman–Crippen LogP) is 4.92. The number of aromatic nitrogens is 2. The Kier molecular flexibility index (Phi) is 6.95. The van der Waals surface area contributed by atoms with Gasteiger partial charge < -0.3 is 10.3 Å². The van der Waals surface area contributed by atoms with E-state index in [-0.39, 0.29) is 0 Å². The molecule has 0 amide bonds. The van der Waals surface area contributed by atoms with Crippen LogP contribution in [0.25, 0.3) is 11.1 Å². The number of rotatable bonds is 8. The van der Waals surface area contributed by atoms with Gasteiger partial charge in [0.25, 0.3) is 0 Å². The molecule has 0 atom stereocenters. The van der Waals surface area contributed by atoms with E-state index >= 15 is 0 Å². The van der Waals surface area contributed by atoms with Crippen molar-refractivity contribution in [2.45, 2.75) is 39.7 Å². The largest absolute Gasteiger partial charge is 0.416 e. The van der Waals surface area contributed by atoms with Crippen molar-refractivity contribution in [2.75, 3.05) is 13.1 Å². The Bertz CT molecular complexity index is 940. The molecule has 0 bridgehead atoms. The summed E-state index contributed by atoms with van der Waals surface area (Å²) in [6.45, 7) is 8.01. The lowest BCUT2D eigenvalue weighted by Gasteiger charge is -2.20. The zero-order valence-electron chi connectivity index (χ0n) is 17.3. The topological polar surface area (TPSA) is 47.1 Å². The highest BCUT2D eigenvalue weighted by Gasteiger charge is 2.29. The first kappa shape index (κ1) is 22.1. The molecule has 0 aliphatic heterocycles. The van der Waals surface area contributed by atoms with Crippen molar-refractivity contribution in [1.82, 2.24) is 14.5 Å². The van der Waals surface area contributed by atoms with Gasteiger partial charge in [0.2, 0.25) is 0 Å². The van der Waals surface area contributed by atoms with Crippen LogP contribution in [-0.4, -0.2) is 27.5 Å². The van der Waals surface area contributed by atoms with Crippen LogP contribution in [0.15, 0.2) is 54.7 Å². The molecule has 7 heteroatoms. The van der Waals surface area contributed by atoms with Gasteiger partial charge in [-0.2, -0.15) is 13.2 Å². The van der Waals surface area contributed by atoms with Crippen LogP contribution in [0.5, 0.6) is 0 Å². The standard InChI is InChI=1S/C23H27F3N4/c1-3-29(4-2)16-21-14-28-22(13-27)30(21)15-17-5-7-18(8-6-17)19-9-11-20(12-10-19)23(24,25)26/h5-12,14H,3-4,13,15-16,27H2,1-2H3. The summed E-state index contributed by atoms with van der Waals surface area (Å²) in [5.74, 6) is 0.837. The van der Waals surface area contributed by atoms with Crippen molar-refractivity contribution in [3.63, 3.8) is 0 Å². The van der Waals surface area contributed by atoms with Gasteiger partial charge in [-0.1, -0.05) is 50.2 Å². The number of nitrogens with two attached hydrogens (primary N) is 1. The monoisotopic (exact) mass is 416 g/mol. The molecule has 160 valence electrons. The SMILES string of the molecule is CCN(CC)Cc1cnc(CN)n1Cc1ccc(-c2ccc(C(F)(F)F)cc2)cc1. The highest BCUT2D eigenvalue weighted by molar-refractivity contribution is 5.64. The Hall–Kier alpha value is -2.64. The number of imidazole rings is 1. The molecule has 0 unspecified atom stereocenters. The molecule has 0 saturated heterocycles. The summed E-state index contributed by atoms with van der Waals surface area (Å²) in [6, 6.07) is 13.1. The maximum absolute atomic E-state index is 12.8. The molecule has 2 aromatic carbocycles. The maximum Gasteiger partial charge on any atom is 0.416 e. The Labute approximate surface area is 175 Å². The fourth-order valence-corrected chi connectivity index (χ4v) is 3.45. The highest BCUT2D eigenvalue weighted by Crippen LogP contribution is 2.31. The van der Waals surface area contributed by atoms with E-state index in [1.807, 2.05) is 30.5 Å². The lowest BCUT2D eigenvalue weighted by molar-refractivity contribution is -0.137. The first-order valence-electron chi connectivity index (χ1n) is 10.1. The van der Waals surface area contributed by atoms with Gasteiger partial charge in [0.15, 0.2) is 0 Å². The van der Waals surface area contributed by atoms with E-state index in [4.69, 9.17) is 5.73 Å². The van der Waals surface area contributed by atoms with Crippen molar-refractivity contribution in [3.8, 4) is 11.1 Å². The number of benzene rings is 2. The van der Waals surface area contributed by atoms with E-state index in [1.165, 1.54) is 12.1 Å². The second-order valence-corrected chi connectivity index (χ2v) is 7.19. The third kappa shape index (κ3) is 5.09. The van der Waals surface area contributed by atoms with E-state index in [1.54, 1.807) is 0 Å². The van der Waals surface area contributed by atoms with E-state index in [9.17, 15) is 13.2 Å². The van der Waals surface area contributed by atoms with Crippen LogP contribution in [0.1, 0.15) is 36.5 Å². The molecule has 0 fully saturated rings. The number of halogens is 3. The van der Waals surface area contributed by atoms with Crippen LogP contribution in [0, 0.1) is 0 Å². The number of hydrogen-bond donors (Lipinski definition) is 1. The smallest absolute Gasteiger partial charge is 0.325 e. The fourth-order valence-electron chi connectivity index (χ4n) is 3.45. The number of nitrogens with zero attached hydrogens (tertiary/aromatic N) is 3. The first-order valence-corrected chi connectivity index (χ1v) is 10.1. The average molecular weight is 416 g/mol. The highest BCUT2D eigenvalue weighted by atomic mass is 19.4. The summed E-state index contributed by atoms with van der Waals surface area (Å²) in [6.07, 6.45) is -2.44. The quantitative estimate of drug-likeness (QED) is 0.567. The molecule has 4 nitrogen and oxygen atoms in total. The van der Waals surface area contributed by atoms with Crippen LogP contribution in [0.3, 0.4) is 0 Å². The van der Waals surface area contributed by atoms with Gasteiger partial charge in [-0.15, -0.1) is 0 Å². The molecule has 1 aromatic heterocycles. The zero-order valence-corrected chi connectivity index (χ0v) is 17.3. The first-order chi connectivity index (χ1) is 14.4. The molecular formula is C23H27F3N4. The molecule has 3 rings (SSSR count). The molecule has 0 aliphatic rings. The average Bonchev–Trinajstić information content (AvgIpc) is 3.13. The van der Waals surface area contributed by atoms with Crippen molar-refractivity contribution in [1.29, 1.82) is 0 Å². The molecular weight excluding hydrogens is 389 g/mol. The van der Waals surface area contributed by atoms with Gasteiger partial charge in [0.1, 0.15) is 5.82 Å². The zero-order chi connectivity index (χ0) is 21.7. The summed E-state index contributed by atoms with van der Waals surface area (Å²) < 4.78 is 40.4. The van der Waals surface area contributed by atoms with Crippen molar-refractivity contribution in [2.24, 2.45) is 5.73 Å². The van der Waals surface area contributed by atoms with Gasteiger partial charge in [0, 0.05) is 19.3 Å². The van der Waals surface area contributed by atoms with Crippen LogP contribution < -0.4 is 5.73 Å². The van der Waals surface area contributed by atoms with Crippen LogP contribution in [0.4, 0.5) is 13.2 Å². The molecule has 0 saturated carbocycles. The van der Waals surface area contributed by atoms with E-state index in [0.717, 1.165) is 60.0 Å². The minimum absolute atomic E-state index is 0.363. The third-order valence-electron chi connectivity index (χ3n) is 5.32. The molecule has 1 heterocycles. The second-order valence-electron chi connectivity index (χ2n) is 7.19. The summed E-state index contributed by atoms with van der Waals surface area (Å²) in [5.41, 5.74) is 9.07.